The zero-order valence-corrected chi connectivity index (χ0v) is 12.3. The van der Waals surface area contributed by atoms with Crippen LogP contribution in [0.5, 0.6) is 0 Å². The first-order chi connectivity index (χ1) is 8.49. The lowest BCUT2D eigenvalue weighted by molar-refractivity contribution is 0.921. The second-order valence-electron chi connectivity index (χ2n) is 4.77. The van der Waals surface area contributed by atoms with Gasteiger partial charge < -0.3 is 0 Å². The molecule has 0 aliphatic rings. The maximum Gasteiger partial charge on any atom is 0.0446 e. The molecule has 0 aliphatic carbocycles. The van der Waals surface area contributed by atoms with Crippen molar-refractivity contribution in [3.8, 4) is 0 Å². The smallest absolute Gasteiger partial charge is 0.0446 e. The quantitative estimate of drug-likeness (QED) is 0.655. The molecule has 2 heteroatoms. The molecule has 0 saturated heterocycles. The molecule has 2 aromatic rings. The average Bonchev–Trinajstić information content (AvgIpc) is 2.28. The number of aryl methyl sites for hydroxylation is 2. The zero-order valence-electron chi connectivity index (χ0n) is 10.8. The number of hydrogen-bond acceptors (Lipinski definition) is 0. The summed E-state index contributed by atoms with van der Waals surface area (Å²) in [4.78, 5) is 0. The van der Waals surface area contributed by atoms with Gasteiger partial charge in [-0.05, 0) is 48.2 Å². The molecule has 0 unspecified atom stereocenters. The van der Waals surface area contributed by atoms with Gasteiger partial charge in [-0.25, -0.2) is 0 Å². The molecular weight excluding hydrogens is 263 g/mol. The molecule has 2 aromatic carbocycles. The van der Waals surface area contributed by atoms with Crippen molar-refractivity contribution in [1.82, 2.24) is 0 Å². The second kappa shape index (κ2) is 5.34. The molecule has 18 heavy (non-hydrogen) atoms. The first-order valence-corrected chi connectivity index (χ1v) is 6.76. The molecule has 0 nitrogen and oxygen atoms in total. The summed E-state index contributed by atoms with van der Waals surface area (Å²) in [6.07, 6.45) is 0. The molecule has 0 bridgehead atoms. The van der Waals surface area contributed by atoms with E-state index in [2.05, 4.69) is 31.2 Å². The summed E-state index contributed by atoms with van der Waals surface area (Å²) in [5, 5.41) is 1.61. The fourth-order valence-electron chi connectivity index (χ4n) is 2.13. The third-order valence-corrected chi connectivity index (χ3v) is 3.90. The Morgan fingerprint density at radius 1 is 0.778 bits per heavy atom. The van der Waals surface area contributed by atoms with Crippen molar-refractivity contribution in [2.24, 2.45) is 0 Å². The minimum absolute atomic E-state index is 0.200. The van der Waals surface area contributed by atoms with E-state index in [0.717, 1.165) is 21.2 Å². The van der Waals surface area contributed by atoms with E-state index in [1.165, 1.54) is 11.1 Å². The molecule has 0 atom stereocenters. The molecule has 0 N–H and O–H groups in total. The minimum atomic E-state index is 0.200. The largest absolute Gasteiger partial charge is 0.0840 e. The van der Waals surface area contributed by atoms with Gasteiger partial charge >= 0.3 is 0 Å². The fourth-order valence-corrected chi connectivity index (χ4v) is 2.93. The standard InChI is InChI=1S/C16H16Cl2/c1-10-4-6-13(15(17)8-10)12(3)14-7-5-11(2)9-16(14)18/h4-9,12H,1-3H3. The number of halogens is 2. The first kappa shape index (κ1) is 13.5. The Labute approximate surface area is 119 Å². The lowest BCUT2D eigenvalue weighted by atomic mass is 9.92. The lowest BCUT2D eigenvalue weighted by Gasteiger charge is -2.16. The Kier molecular flexibility index (Phi) is 3.99. The van der Waals surface area contributed by atoms with E-state index < -0.39 is 0 Å². The molecule has 0 radical (unpaired) electrons. The third kappa shape index (κ3) is 2.71. The highest BCUT2D eigenvalue weighted by molar-refractivity contribution is 6.32. The molecule has 0 aromatic heterocycles. The van der Waals surface area contributed by atoms with E-state index in [1.54, 1.807) is 0 Å². The van der Waals surface area contributed by atoms with Crippen LogP contribution in [0.15, 0.2) is 36.4 Å². The Hall–Kier alpha value is -0.980. The van der Waals surface area contributed by atoms with Crippen LogP contribution in [-0.2, 0) is 0 Å². The van der Waals surface area contributed by atoms with Crippen LogP contribution in [0.2, 0.25) is 10.0 Å². The van der Waals surface area contributed by atoms with Crippen LogP contribution in [0, 0.1) is 13.8 Å². The van der Waals surface area contributed by atoms with Crippen molar-refractivity contribution < 1.29 is 0 Å². The SMILES string of the molecule is Cc1ccc(C(C)c2ccc(C)cc2Cl)c(Cl)c1. The maximum absolute atomic E-state index is 6.31. The summed E-state index contributed by atoms with van der Waals surface area (Å²) in [7, 11) is 0. The Bertz CT molecular complexity index is 522. The molecule has 0 amide bonds. The summed E-state index contributed by atoms with van der Waals surface area (Å²) in [5.74, 6) is 0.200. The van der Waals surface area contributed by atoms with E-state index in [-0.39, 0.29) is 5.92 Å². The van der Waals surface area contributed by atoms with Crippen LogP contribution < -0.4 is 0 Å². The number of hydrogen-bond donors (Lipinski definition) is 0. The third-order valence-electron chi connectivity index (χ3n) is 3.24. The van der Waals surface area contributed by atoms with Gasteiger partial charge in [0.05, 0.1) is 0 Å². The van der Waals surface area contributed by atoms with Gasteiger partial charge in [0.1, 0.15) is 0 Å². The highest BCUT2D eigenvalue weighted by Crippen LogP contribution is 2.34. The maximum atomic E-state index is 6.31. The van der Waals surface area contributed by atoms with Crippen LogP contribution >= 0.6 is 23.2 Å². The molecule has 94 valence electrons. The molecule has 0 spiro atoms. The zero-order chi connectivity index (χ0) is 13.3. The Morgan fingerprint density at radius 2 is 1.17 bits per heavy atom. The van der Waals surface area contributed by atoms with Crippen LogP contribution in [0.3, 0.4) is 0 Å². The van der Waals surface area contributed by atoms with Crippen LogP contribution in [0.4, 0.5) is 0 Å². The predicted octanol–water partition coefficient (Wildman–Crippen LogP) is 5.76. The highest BCUT2D eigenvalue weighted by Gasteiger charge is 2.14. The van der Waals surface area contributed by atoms with Gasteiger partial charge in [-0.3, -0.25) is 0 Å². The second-order valence-corrected chi connectivity index (χ2v) is 5.59. The van der Waals surface area contributed by atoms with E-state index in [0.29, 0.717) is 0 Å². The van der Waals surface area contributed by atoms with Gasteiger partial charge in [0, 0.05) is 16.0 Å². The molecule has 0 heterocycles. The highest BCUT2D eigenvalue weighted by atomic mass is 35.5. The Morgan fingerprint density at radius 3 is 1.50 bits per heavy atom. The van der Waals surface area contributed by atoms with Crippen molar-refractivity contribution in [3.63, 3.8) is 0 Å². The summed E-state index contributed by atoms with van der Waals surface area (Å²) in [6, 6.07) is 12.3. The molecule has 2 rings (SSSR count). The topological polar surface area (TPSA) is 0 Å². The van der Waals surface area contributed by atoms with E-state index in [4.69, 9.17) is 23.2 Å². The van der Waals surface area contributed by atoms with Crippen molar-refractivity contribution in [2.75, 3.05) is 0 Å². The van der Waals surface area contributed by atoms with Gasteiger partial charge in [0.25, 0.3) is 0 Å². The van der Waals surface area contributed by atoms with Gasteiger partial charge in [0.2, 0.25) is 0 Å². The van der Waals surface area contributed by atoms with Gasteiger partial charge in [-0.15, -0.1) is 0 Å². The van der Waals surface area contributed by atoms with Gasteiger partial charge in [0.15, 0.2) is 0 Å². The molecule has 0 fully saturated rings. The molecule has 0 aliphatic heterocycles. The van der Waals surface area contributed by atoms with Crippen LogP contribution in [0.25, 0.3) is 0 Å². The first-order valence-electron chi connectivity index (χ1n) is 6.01. The van der Waals surface area contributed by atoms with Crippen molar-refractivity contribution in [1.29, 1.82) is 0 Å². The van der Waals surface area contributed by atoms with Crippen molar-refractivity contribution >= 4 is 23.2 Å². The van der Waals surface area contributed by atoms with Gasteiger partial charge in [-0.2, -0.15) is 0 Å². The summed E-state index contributed by atoms with van der Waals surface area (Å²) in [6.45, 7) is 6.21. The van der Waals surface area contributed by atoms with Crippen molar-refractivity contribution in [2.45, 2.75) is 26.7 Å². The molecular formula is C16H16Cl2. The fraction of sp³-hybridized carbons (Fsp3) is 0.250. The van der Waals surface area contributed by atoms with E-state index >= 15 is 0 Å². The predicted molar refractivity (Wildman–Crippen MR) is 79.9 cm³/mol. The van der Waals surface area contributed by atoms with Crippen LogP contribution in [-0.4, -0.2) is 0 Å². The monoisotopic (exact) mass is 278 g/mol. The average molecular weight is 279 g/mol. The molecule has 0 saturated carbocycles. The summed E-state index contributed by atoms with van der Waals surface area (Å²) >= 11 is 12.6. The van der Waals surface area contributed by atoms with Crippen LogP contribution in [0.1, 0.15) is 35.1 Å². The summed E-state index contributed by atoms with van der Waals surface area (Å²) in [5.41, 5.74) is 4.58. The Balaban J connectivity index is 2.44. The van der Waals surface area contributed by atoms with Crippen molar-refractivity contribution in [3.05, 3.63) is 68.7 Å². The normalized spacial score (nSPS) is 11.0. The van der Waals surface area contributed by atoms with E-state index in [1.807, 2.05) is 26.0 Å². The summed E-state index contributed by atoms with van der Waals surface area (Å²) < 4.78 is 0. The number of rotatable bonds is 2. The number of benzene rings is 2. The lowest BCUT2D eigenvalue weighted by Crippen LogP contribution is -1.98. The minimum Gasteiger partial charge on any atom is -0.0840 e. The van der Waals surface area contributed by atoms with Gasteiger partial charge in [-0.1, -0.05) is 54.4 Å². The van der Waals surface area contributed by atoms with E-state index in [9.17, 15) is 0 Å².